The Balaban J connectivity index is 0.980. The molecule has 0 aliphatic heterocycles. The predicted molar refractivity (Wildman–Crippen MR) is 276 cm³/mol. The second kappa shape index (κ2) is 13.0. The Morgan fingerprint density at radius 3 is 1.64 bits per heavy atom. The van der Waals surface area contributed by atoms with E-state index in [1.807, 2.05) is 12.3 Å². The maximum absolute atomic E-state index is 7.02. The molecular weight excluding hydrogens is 817 g/mol. The molecule has 0 saturated carbocycles. The van der Waals surface area contributed by atoms with Gasteiger partial charge >= 0.3 is 0 Å². The number of aromatic nitrogens is 1. The maximum atomic E-state index is 7.02. The Morgan fingerprint density at radius 1 is 0.418 bits per heavy atom. The van der Waals surface area contributed by atoms with E-state index in [4.69, 9.17) is 13.8 Å². The van der Waals surface area contributed by atoms with Gasteiger partial charge in [0, 0.05) is 66.5 Å². The molecule has 0 N–H and O–H groups in total. The summed E-state index contributed by atoms with van der Waals surface area (Å²) in [5.41, 5.74) is 24.2. The van der Waals surface area contributed by atoms with Crippen LogP contribution in [0.25, 0.3) is 88.4 Å². The number of furan rings is 2. The molecule has 0 unspecified atom stereocenters. The summed E-state index contributed by atoms with van der Waals surface area (Å²) in [5, 5.41) is 4.72. The van der Waals surface area contributed by atoms with E-state index >= 15 is 0 Å². The normalized spacial score (nSPS) is 15.4. The monoisotopic (exact) mass is 864 g/mol. The van der Waals surface area contributed by atoms with Gasteiger partial charge in [-0.25, -0.2) is 4.98 Å². The molecule has 3 aliphatic carbocycles. The van der Waals surface area contributed by atoms with Crippen LogP contribution in [0.15, 0.2) is 173 Å². The Bertz CT molecular complexity index is 3970. The summed E-state index contributed by atoms with van der Waals surface area (Å²) in [4.78, 5) is 7.39. The standard InChI is InChI=1S/C63H48N2O2/c1-35-18-8-9-19-38(35)44-34-48-52(54-42-21-11-14-24-49(42)66-59(44)54)40-29-27-36(32-46(40)61(48,2)3)65(51-26-16-17-31-64-51)37-28-30-41-47(33-37)63(6,7)58-56(41)60-55(43-22-12-15-25-50(43)67-60)53-39-20-10-13-23-45(39)62(4,5)57(53)58/h8-34H,1-7H3. The Hall–Kier alpha value is -7.69. The minimum Gasteiger partial charge on any atom is -0.455 e. The number of aryl methyl sites for hydroxylation is 1. The average Bonchev–Trinajstić information content (AvgIpc) is 4.09. The number of benzene rings is 8. The van der Waals surface area contributed by atoms with Crippen LogP contribution in [-0.2, 0) is 16.2 Å². The number of hydrogen-bond donors (Lipinski definition) is 0. The summed E-state index contributed by atoms with van der Waals surface area (Å²) in [6.07, 6.45) is 1.90. The molecular formula is C63H48N2O2. The van der Waals surface area contributed by atoms with Gasteiger partial charge in [0.05, 0.1) is 0 Å². The fourth-order valence-corrected chi connectivity index (χ4v) is 12.9. The Morgan fingerprint density at radius 2 is 0.955 bits per heavy atom. The first-order chi connectivity index (χ1) is 32.4. The summed E-state index contributed by atoms with van der Waals surface area (Å²) in [6, 6.07) is 57.5. The van der Waals surface area contributed by atoms with Crippen LogP contribution in [0.4, 0.5) is 17.2 Å². The van der Waals surface area contributed by atoms with Crippen molar-refractivity contribution in [2.24, 2.45) is 0 Å². The van der Waals surface area contributed by atoms with E-state index in [1.165, 1.54) is 94.0 Å². The van der Waals surface area contributed by atoms with E-state index in [0.717, 1.165) is 50.5 Å². The molecule has 0 atom stereocenters. The number of fused-ring (bicyclic) bond motifs is 19. The SMILES string of the molecule is Cc1ccccc1-c1cc2c(c3c1oc1ccccc13)-c1ccc(N(c3ccc4c(c3)C(C)(C)c3c5c(c6c(oc7ccccc76)c3-4)-c3ccccc3C5(C)C)c3ccccn3)cc1C2(C)C. The van der Waals surface area contributed by atoms with Gasteiger partial charge in [-0.2, -0.15) is 0 Å². The fraction of sp³-hybridized carbons (Fsp3) is 0.159. The Labute approximate surface area is 390 Å². The van der Waals surface area contributed by atoms with Crippen LogP contribution in [0.5, 0.6) is 0 Å². The average molecular weight is 865 g/mol. The third-order valence-corrected chi connectivity index (χ3v) is 16.0. The number of rotatable bonds is 4. The summed E-state index contributed by atoms with van der Waals surface area (Å²) >= 11 is 0. The van der Waals surface area contributed by atoms with Crippen LogP contribution in [-0.4, -0.2) is 4.98 Å². The lowest BCUT2D eigenvalue weighted by Gasteiger charge is -2.31. The molecule has 0 fully saturated rings. The van der Waals surface area contributed by atoms with E-state index < -0.39 is 0 Å². The molecule has 3 heterocycles. The molecule has 0 radical (unpaired) electrons. The molecule has 67 heavy (non-hydrogen) atoms. The van der Waals surface area contributed by atoms with Crippen molar-refractivity contribution in [3.05, 3.63) is 203 Å². The molecule has 322 valence electrons. The van der Waals surface area contributed by atoms with Gasteiger partial charge in [-0.15, -0.1) is 0 Å². The molecule has 11 aromatic rings. The number of para-hydroxylation sites is 2. The molecule has 3 aromatic heterocycles. The van der Waals surface area contributed by atoms with Gasteiger partial charge in [0.15, 0.2) is 0 Å². The van der Waals surface area contributed by atoms with Crippen molar-refractivity contribution in [1.82, 2.24) is 4.98 Å². The minimum absolute atomic E-state index is 0.214. The van der Waals surface area contributed by atoms with E-state index in [9.17, 15) is 0 Å². The second-order valence-corrected chi connectivity index (χ2v) is 20.7. The van der Waals surface area contributed by atoms with Crippen molar-refractivity contribution in [3.8, 4) is 44.5 Å². The number of hydrogen-bond acceptors (Lipinski definition) is 4. The van der Waals surface area contributed by atoms with Gasteiger partial charge in [0.2, 0.25) is 0 Å². The predicted octanol–water partition coefficient (Wildman–Crippen LogP) is 17.2. The lowest BCUT2D eigenvalue weighted by molar-refractivity contribution is 0.600. The number of nitrogens with zero attached hydrogens (tertiary/aromatic N) is 2. The first-order valence-corrected chi connectivity index (χ1v) is 23.6. The van der Waals surface area contributed by atoms with Crippen molar-refractivity contribution in [1.29, 1.82) is 0 Å². The van der Waals surface area contributed by atoms with E-state index in [2.05, 4.69) is 205 Å². The van der Waals surface area contributed by atoms with Crippen LogP contribution >= 0.6 is 0 Å². The van der Waals surface area contributed by atoms with Crippen molar-refractivity contribution < 1.29 is 8.83 Å². The van der Waals surface area contributed by atoms with E-state index in [0.29, 0.717) is 0 Å². The molecule has 14 rings (SSSR count). The molecule has 4 nitrogen and oxygen atoms in total. The van der Waals surface area contributed by atoms with Gasteiger partial charge < -0.3 is 8.83 Å². The van der Waals surface area contributed by atoms with Crippen LogP contribution < -0.4 is 4.90 Å². The van der Waals surface area contributed by atoms with Gasteiger partial charge in [-0.1, -0.05) is 145 Å². The molecule has 3 aliphatic rings. The first kappa shape index (κ1) is 38.6. The largest absolute Gasteiger partial charge is 0.455 e. The van der Waals surface area contributed by atoms with Crippen LogP contribution in [0.1, 0.15) is 80.5 Å². The second-order valence-electron chi connectivity index (χ2n) is 20.7. The van der Waals surface area contributed by atoms with Crippen molar-refractivity contribution in [2.75, 3.05) is 4.90 Å². The summed E-state index contributed by atoms with van der Waals surface area (Å²) in [7, 11) is 0. The zero-order valence-corrected chi connectivity index (χ0v) is 38.8. The van der Waals surface area contributed by atoms with Crippen molar-refractivity contribution in [3.63, 3.8) is 0 Å². The van der Waals surface area contributed by atoms with Crippen LogP contribution in [0.3, 0.4) is 0 Å². The topological polar surface area (TPSA) is 42.4 Å². The molecule has 0 bridgehead atoms. The maximum Gasteiger partial charge on any atom is 0.144 e. The lowest BCUT2D eigenvalue weighted by atomic mass is 9.72. The highest BCUT2D eigenvalue weighted by Crippen LogP contribution is 2.64. The lowest BCUT2D eigenvalue weighted by Crippen LogP contribution is -2.24. The summed E-state index contributed by atoms with van der Waals surface area (Å²) in [5.74, 6) is 0.867. The molecule has 4 heteroatoms. The Kier molecular flexibility index (Phi) is 7.49. The van der Waals surface area contributed by atoms with E-state index in [-0.39, 0.29) is 16.2 Å². The third-order valence-electron chi connectivity index (χ3n) is 16.0. The number of anilines is 3. The number of pyridine rings is 1. The highest BCUT2D eigenvalue weighted by Gasteiger charge is 2.49. The van der Waals surface area contributed by atoms with Crippen LogP contribution in [0.2, 0.25) is 0 Å². The molecule has 8 aromatic carbocycles. The quantitative estimate of drug-likeness (QED) is 0.177. The minimum atomic E-state index is -0.345. The first-order valence-electron chi connectivity index (χ1n) is 23.6. The van der Waals surface area contributed by atoms with Crippen LogP contribution in [0, 0.1) is 6.92 Å². The van der Waals surface area contributed by atoms with Crippen molar-refractivity contribution >= 4 is 61.1 Å². The molecule has 0 amide bonds. The van der Waals surface area contributed by atoms with E-state index in [1.54, 1.807) is 0 Å². The van der Waals surface area contributed by atoms with Gasteiger partial charge in [0.1, 0.15) is 28.1 Å². The molecule has 0 spiro atoms. The summed E-state index contributed by atoms with van der Waals surface area (Å²) < 4.78 is 13.8. The zero-order chi connectivity index (χ0) is 45.3. The van der Waals surface area contributed by atoms with Gasteiger partial charge in [0.25, 0.3) is 0 Å². The summed E-state index contributed by atoms with van der Waals surface area (Å²) in [6.45, 7) is 16.6. The fourth-order valence-electron chi connectivity index (χ4n) is 12.9. The smallest absolute Gasteiger partial charge is 0.144 e. The van der Waals surface area contributed by atoms with Gasteiger partial charge in [-0.05, 0) is 134 Å². The van der Waals surface area contributed by atoms with Crippen molar-refractivity contribution in [2.45, 2.75) is 64.7 Å². The zero-order valence-electron chi connectivity index (χ0n) is 38.8. The molecule has 0 saturated heterocycles. The van der Waals surface area contributed by atoms with Gasteiger partial charge in [-0.3, -0.25) is 4.90 Å². The third kappa shape index (κ3) is 4.90. The highest BCUT2D eigenvalue weighted by atomic mass is 16.3. The highest BCUT2D eigenvalue weighted by molar-refractivity contribution is 6.21.